The van der Waals surface area contributed by atoms with Crippen molar-refractivity contribution in [1.82, 2.24) is 29.9 Å². The number of hydrazone groups is 1. The van der Waals surface area contributed by atoms with Gasteiger partial charge in [0.2, 0.25) is 5.91 Å². The average Bonchev–Trinajstić information content (AvgIpc) is 3.59. The molecule has 2 N–H and O–H groups in total. The van der Waals surface area contributed by atoms with Gasteiger partial charge in [-0.15, -0.1) is 0 Å². The number of H-pyrrole nitrogens is 1. The van der Waals surface area contributed by atoms with E-state index in [0.29, 0.717) is 35.7 Å². The van der Waals surface area contributed by atoms with Crippen LogP contribution in [-0.2, 0) is 11.2 Å². The van der Waals surface area contributed by atoms with Crippen molar-refractivity contribution in [3.8, 4) is 0 Å². The first-order valence-electron chi connectivity index (χ1n) is 11.7. The lowest BCUT2D eigenvalue weighted by atomic mass is 9.81. The van der Waals surface area contributed by atoms with Crippen molar-refractivity contribution in [3.05, 3.63) is 71.1 Å². The summed E-state index contributed by atoms with van der Waals surface area (Å²) in [5.41, 5.74) is 8.38. The molecule has 0 aromatic carbocycles. The Balaban J connectivity index is 1.51. The van der Waals surface area contributed by atoms with Gasteiger partial charge in [0.25, 0.3) is 5.91 Å². The SMILES string of the molecule is Cc1[nH]c(C=C2C(=O)NN=C2c2cnccn2)c(C2CCCCC2)c1CCC(=O)n1ccnc1. The lowest BCUT2D eigenvalue weighted by Crippen LogP contribution is -2.15. The second-order valence-electron chi connectivity index (χ2n) is 8.80. The molecule has 9 nitrogen and oxygen atoms in total. The van der Waals surface area contributed by atoms with Crippen molar-refractivity contribution in [1.29, 1.82) is 0 Å². The van der Waals surface area contributed by atoms with E-state index < -0.39 is 0 Å². The second-order valence-corrected chi connectivity index (χ2v) is 8.80. The highest BCUT2D eigenvalue weighted by atomic mass is 16.2. The second kappa shape index (κ2) is 9.54. The average molecular weight is 458 g/mol. The van der Waals surface area contributed by atoms with E-state index in [1.54, 1.807) is 31.0 Å². The minimum atomic E-state index is -0.265. The van der Waals surface area contributed by atoms with Gasteiger partial charge in [-0.05, 0) is 49.3 Å². The number of nitrogens with one attached hydrogen (secondary N) is 2. The monoisotopic (exact) mass is 457 g/mol. The predicted molar refractivity (Wildman–Crippen MR) is 127 cm³/mol. The van der Waals surface area contributed by atoms with Gasteiger partial charge in [0.15, 0.2) is 0 Å². The highest BCUT2D eigenvalue weighted by molar-refractivity contribution is 6.32. The molecule has 0 bridgehead atoms. The molecule has 0 atom stereocenters. The minimum Gasteiger partial charge on any atom is -0.359 e. The zero-order valence-corrected chi connectivity index (χ0v) is 19.1. The molecule has 1 aliphatic heterocycles. The zero-order valence-electron chi connectivity index (χ0n) is 19.1. The van der Waals surface area contributed by atoms with E-state index in [1.807, 2.05) is 13.0 Å². The number of hydrogen-bond donors (Lipinski definition) is 2. The maximum Gasteiger partial charge on any atom is 0.273 e. The number of carbonyl (C=O) groups is 2. The highest BCUT2D eigenvalue weighted by Gasteiger charge is 2.29. The van der Waals surface area contributed by atoms with E-state index in [2.05, 4.69) is 30.5 Å². The van der Waals surface area contributed by atoms with Crippen molar-refractivity contribution in [3.63, 3.8) is 0 Å². The van der Waals surface area contributed by atoms with Crippen molar-refractivity contribution in [2.24, 2.45) is 5.10 Å². The van der Waals surface area contributed by atoms with Gasteiger partial charge >= 0.3 is 0 Å². The molecule has 4 heterocycles. The molecule has 2 aliphatic rings. The first-order valence-corrected chi connectivity index (χ1v) is 11.7. The molecule has 9 heteroatoms. The summed E-state index contributed by atoms with van der Waals surface area (Å²) in [5.74, 6) is 0.143. The Morgan fingerprint density at radius 2 is 2.03 bits per heavy atom. The Bertz CT molecular complexity index is 1250. The molecule has 3 aromatic heterocycles. The van der Waals surface area contributed by atoms with E-state index in [4.69, 9.17) is 0 Å². The molecule has 0 saturated heterocycles. The van der Waals surface area contributed by atoms with Gasteiger partial charge in [0.1, 0.15) is 17.7 Å². The molecule has 1 saturated carbocycles. The number of amides is 1. The summed E-state index contributed by atoms with van der Waals surface area (Å²) >= 11 is 0. The third kappa shape index (κ3) is 4.33. The summed E-state index contributed by atoms with van der Waals surface area (Å²) in [6.45, 7) is 2.04. The topological polar surface area (TPSA) is 118 Å². The van der Waals surface area contributed by atoms with Gasteiger partial charge in [0, 0.05) is 42.6 Å². The highest BCUT2D eigenvalue weighted by Crippen LogP contribution is 2.39. The fraction of sp³-hybridized carbons (Fsp3) is 0.360. The number of carbonyl (C=O) groups excluding carboxylic acids is 2. The van der Waals surface area contributed by atoms with E-state index in [0.717, 1.165) is 24.2 Å². The Morgan fingerprint density at radius 3 is 2.76 bits per heavy atom. The summed E-state index contributed by atoms with van der Waals surface area (Å²) in [7, 11) is 0. The number of hydrogen-bond acceptors (Lipinski definition) is 6. The van der Waals surface area contributed by atoms with Crippen LogP contribution in [0.1, 0.15) is 77.4 Å². The van der Waals surface area contributed by atoms with Crippen LogP contribution in [0.2, 0.25) is 0 Å². The molecule has 0 radical (unpaired) electrons. The van der Waals surface area contributed by atoms with Crippen LogP contribution >= 0.6 is 0 Å². The molecule has 1 fully saturated rings. The molecule has 0 unspecified atom stereocenters. The third-order valence-electron chi connectivity index (χ3n) is 6.65. The van der Waals surface area contributed by atoms with E-state index in [1.165, 1.54) is 41.3 Å². The van der Waals surface area contributed by atoms with Gasteiger partial charge in [-0.25, -0.2) is 10.4 Å². The summed E-state index contributed by atoms with van der Waals surface area (Å²) < 4.78 is 1.53. The van der Waals surface area contributed by atoms with Crippen LogP contribution in [0.25, 0.3) is 6.08 Å². The molecule has 34 heavy (non-hydrogen) atoms. The molecular formula is C25H27N7O2. The summed E-state index contributed by atoms with van der Waals surface area (Å²) in [6, 6.07) is 0. The first kappa shape index (κ1) is 21.9. The summed E-state index contributed by atoms with van der Waals surface area (Å²) in [6.07, 6.45) is 18.3. The van der Waals surface area contributed by atoms with Gasteiger partial charge in [-0.1, -0.05) is 19.3 Å². The Kier molecular flexibility index (Phi) is 6.16. The number of imidazole rings is 1. The number of rotatable bonds is 6. The molecule has 0 spiro atoms. The van der Waals surface area contributed by atoms with Crippen molar-refractivity contribution >= 4 is 23.6 Å². The van der Waals surface area contributed by atoms with Crippen LogP contribution in [0, 0.1) is 6.92 Å². The Morgan fingerprint density at radius 1 is 1.18 bits per heavy atom. The van der Waals surface area contributed by atoms with E-state index in [-0.39, 0.29) is 11.8 Å². The summed E-state index contributed by atoms with van der Waals surface area (Å²) in [4.78, 5) is 41.2. The van der Waals surface area contributed by atoms with Crippen molar-refractivity contribution in [2.75, 3.05) is 0 Å². The summed E-state index contributed by atoms with van der Waals surface area (Å²) in [5, 5.41) is 4.20. The molecule has 5 rings (SSSR count). The first-order chi connectivity index (χ1) is 16.6. The largest absolute Gasteiger partial charge is 0.359 e. The van der Waals surface area contributed by atoms with Crippen LogP contribution in [0.15, 0.2) is 48.0 Å². The standard InChI is InChI=1S/C25H27N7O2/c1-16-18(7-8-22(33)32-12-11-27-15-32)23(17-5-3-2-4-6-17)20(29-16)13-19-24(30-31-25(19)34)21-14-26-9-10-28-21/h9-15,17,29H,2-8H2,1H3,(H,31,34). The normalized spacial score (nSPS) is 17.7. The molecule has 3 aromatic rings. The van der Waals surface area contributed by atoms with Gasteiger partial charge in [-0.2, -0.15) is 5.10 Å². The van der Waals surface area contributed by atoms with Crippen LogP contribution in [0.5, 0.6) is 0 Å². The van der Waals surface area contributed by atoms with Crippen molar-refractivity contribution < 1.29 is 9.59 Å². The molecule has 1 amide bonds. The maximum atomic E-state index is 12.7. The van der Waals surface area contributed by atoms with E-state index >= 15 is 0 Å². The molecular weight excluding hydrogens is 430 g/mol. The number of aromatic nitrogens is 5. The fourth-order valence-corrected chi connectivity index (χ4v) is 5.00. The van der Waals surface area contributed by atoms with Gasteiger partial charge in [0.05, 0.1) is 11.8 Å². The number of nitrogens with zero attached hydrogens (tertiary/aromatic N) is 5. The Hall–Kier alpha value is -3.88. The number of aromatic amines is 1. The van der Waals surface area contributed by atoms with Gasteiger partial charge in [-0.3, -0.25) is 24.1 Å². The predicted octanol–water partition coefficient (Wildman–Crippen LogP) is 3.55. The van der Waals surface area contributed by atoms with E-state index in [9.17, 15) is 9.59 Å². The fourth-order valence-electron chi connectivity index (χ4n) is 5.00. The number of aryl methyl sites for hydroxylation is 1. The van der Waals surface area contributed by atoms with Crippen LogP contribution in [0.3, 0.4) is 0 Å². The minimum absolute atomic E-state index is 0.0137. The van der Waals surface area contributed by atoms with Crippen LogP contribution < -0.4 is 5.43 Å². The van der Waals surface area contributed by atoms with Crippen LogP contribution in [0.4, 0.5) is 0 Å². The van der Waals surface area contributed by atoms with Gasteiger partial charge < -0.3 is 4.98 Å². The Labute approximate surface area is 197 Å². The third-order valence-corrected chi connectivity index (χ3v) is 6.65. The lowest BCUT2D eigenvalue weighted by Gasteiger charge is -2.23. The van der Waals surface area contributed by atoms with Crippen LogP contribution in [-0.4, -0.2) is 42.0 Å². The maximum absolute atomic E-state index is 12.7. The zero-order chi connectivity index (χ0) is 23.5. The molecule has 174 valence electrons. The quantitative estimate of drug-likeness (QED) is 0.549. The lowest BCUT2D eigenvalue weighted by molar-refractivity contribution is -0.116. The smallest absolute Gasteiger partial charge is 0.273 e. The van der Waals surface area contributed by atoms with Crippen molar-refractivity contribution in [2.45, 2.75) is 57.8 Å². The molecule has 1 aliphatic carbocycles.